The summed E-state index contributed by atoms with van der Waals surface area (Å²) >= 11 is 14.6. The molecule has 2 aromatic rings. The first-order valence-electron chi connectivity index (χ1n) is 7.13. The molecule has 1 aromatic carbocycles. The van der Waals surface area contributed by atoms with Crippen LogP contribution in [0.5, 0.6) is 0 Å². The Kier molecular flexibility index (Phi) is 5.04. The molecule has 1 aromatic heterocycles. The number of aromatic nitrogens is 2. The van der Waals surface area contributed by atoms with Gasteiger partial charge in [-0.3, -0.25) is 0 Å². The number of benzene rings is 1. The highest BCUT2D eigenvalue weighted by Gasteiger charge is 2.18. The fourth-order valence-corrected chi connectivity index (χ4v) is 4.42. The summed E-state index contributed by atoms with van der Waals surface area (Å²) in [5.41, 5.74) is 1.66. The van der Waals surface area contributed by atoms with E-state index in [0.717, 1.165) is 22.4 Å². The van der Waals surface area contributed by atoms with Crippen LogP contribution in [0.3, 0.4) is 0 Å². The molecule has 21 heavy (non-hydrogen) atoms. The molecule has 1 aliphatic rings. The van der Waals surface area contributed by atoms with Crippen LogP contribution in [0.4, 0.5) is 0 Å². The van der Waals surface area contributed by atoms with Crippen LogP contribution in [0.2, 0.25) is 10.3 Å². The van der Waals surface area contributed by atoms with E-state index >= 15 is 0 Å². The Morgan fingerprint density at radius 2 is 1.62 bits per heavy atom. The van der Waals surface area contributed by atoms with Crippen LogP contribution < -0.4 is 0 Å². The van der Waals surface area contributed by atoms with E-state index in [-0.39, 0.29) is 0 Å². The molecule has 0 radical (unpaired) electrons. The Morgan fingerprint density at radius 3 is 2.24 bits per heavy atom. The smallest absolute Gasteiger partial charge is 0.142 e. The largest absolute Gasteiger partial charge is 0.220 e. The van der Waals surface area contributed by atoms with Gasteiger partial charge in [-0.2, -0.15) is 11.8 Å². The zero-order chi connectivity index (χ0) is 14.7. The summed E-state index contributed by atoms with van der Waals surface area (Å²) in [6.07, 6.45) is 5.28. The summed E-state index contributed by atoms with van der Waals surface area (Å²) in [7, 11) is 0. The highest BCUT2D eigenvalue weighted by atomic mass is 35.5. The summed E-state index contributed by atoms with van der Waals surface area (Å²) in [6.45, 7) is 0. The van der Waals surface area contributed by atoms with Crippen LogP contribution in [-0.4, -0.2) is 15.2 Å². The van der Waals surface area contributed by atoms with Gasteiger partial charge < -0.3 is 0 Å². The van der Waals surface area contributed by atoms with Gasteiger partial charge in [0.15, 0.2) is 0 Å². The molecule has 0 unspecified atom stereocenters. The zero-order valence-electron chi connectivity index (χ0n) is 11.6. The van der Waals surface area contributed by atoms with Gasteiger partial charge in [-0.05, 0) is 18.4 Å². The van der Waals surface area contributed by atoms with Gasteiger partial charge in [0.25, 0.3) is 0 Å². The number of hydrogen-bond donors (Lipinski definition) is 0. The van der Waals surface area contributed by atoms with Gasteiger partial charge in [0, 0.05) is 5.25 Å². The molecule has 1 saturated carbocycles. The van der Waals surface area contributed by atoms with Crippen LogP contribution in [0.1, 0.15) is 31.5 Å². The third-order valence-corrected chi connectivity index (χ3v) is 5.59. The van der Waals surface area contributed by atoms with Crippen molar-refractivity contribution in [2.24, 2.45) is 0 Å². The molecule has 0 spiro atoms. The molecule has 0 amide bonds. The molecule has 1 fully saturated rings. The van der Waals surface area contributed by atoms with Gasteiger partial charge in [0.1, 0.15) is 16.1 Å². The molecular weight excluding hydrogens is 323 g/mol. The summed E-state index contributed by atoms with van der Waals surface area (Å²) in [4.78, 5) is 8.84. The topological polar surface area (TPSA) is 25.8 Å². The van der Waals surface area contributed by atoms with E-state index in [0.29, 0.717) is 15.9 Å². The Labute approximate surface area is 139 Å². The number of thioether (sulfide) groups is 1. The minimum absolute atomic E-state index is 0.434. The molecule has 0 N–H and O–H groups in total. The monoisotopic (exact) mass is 338 g/mol. The Balaban J connectivity index is 1.79. The first-order valence-corrected chi connectivity index (χ1v) is 8.93. The van der Waals surface area contributed by atoms with E-state index in [1.54, 1.807) is 0 Å². The van der Waals surface area contributed by atoms with Crippen molar-refractivity contribution in [3.05, 3.63) is 46.5 Å². The predicted octanol–water partition coefficient (Wildman–Crippen LogP) is 5.63. The third kappa shape index (κ3) is 3.71. The molecule has 2 nitrogen and oxygen atoms in total. The maximum atomic E-state index is 6.32. The highest BCUT2D eigenvalue weighted by molar-refractivity contribution is 7.99. The lowest BCUT2D eigenvalue weighted by Crippen LogP contribution is -2.00. The summed E-state index contributed by atoms with van der Waals surface area (Å²) in [5, 5.41) is 1.60. The third-order valence-electron chi connectivity index (χ3n) is 3.68. The molecule has 3 rings (SSSR count). The average molecular weight is 339 g/mol. The van der Waals surface area contributed by atoms with Crippen molar-refractivity contribution in [3.63, 3.8) is 0 Å². The fraction of sp³-hybridized carbons (Fsp3) is 0.375. The predicted molar refractivity (Wildman–Crippen MR) is 91.0 cm³/mol. The van der Waals surface area contributed by atoms with Gasteiger partial charge >= 0.3 is 0 Å². The van der Waals surface area contributed by atoms with E-state index in [1.807, 2.05) is 42.1 Å². The van der Waals surface area contributed by atoms with Crippen molar-refractivity contribution in [2.75, 3.05) is 0 Å². The van der Waals surface area contributed by atoms with E-state index < -0.39 is 0 Å². The quantitative estimate of drug-likeness (QED) is 0.676. The van der Waals surface area contributed by atoms with Gasteiger partial charge in [0.2, 0.25) is 0 Å². The van der Waals surface area contributed by atoms with Crippen molar-refractivity contribution in [1.82, 2.24) is 9.97 Å². The number of nitrogens with zero attached hydrogens (tertiary/aromatic N) is 2. The van der Waals surface area contributed by atoms with E-state index in [4.69, 9.17) is 23.2 Å². The number of halogens is 2. The fourth-order valence-electron chi connectivity index (χ4n) is 2.60. The second kappa shape index (κ2) is 6.99. The molecule has 0 bridgehead atoms. The summed E-state index contributed by atoms with van der Waals surface area (Å²) in [6, 6.07) is 9.78. The minimum atomic E-state index is 0.434. The van der Waals surface area contributed by atoms with Crippen molar-refractivity contribution < 1.29 is 0 Å². The lowest BCUT2D eigenvalue weighted by atomic mass is 10.1. The highest BCUT2D eigenvalue weighted by Crippen LogP contribution is 2.34. The van der Waals surface area contributed by atoms with E-state index in [9.17, 15) is 0 Å². The maximum Gasteiger partial charge on any atom is 0.142 e. The molecule has 1 aliphatic carbocycles. The van der Waals surface area contributed by atoms with E-state index in [2.05, 4.69) is 9.97 Å². The van der Waals surface area contributed by atoms with Crippen LogP contribution in [-0.2, 0) is 5.75 Å². The van der Waals surface area contributed by atoms with E-state index in [1.165, 1.54) is 25.7 Å². The molecule has 0 saturated heterocycles. The zero-order valence-corrected chi connectivity index (χ0v) is 13.9. The molecule has 5 heteroatoms. The summed E-state index contributed by atoms with van der Waals surface area (Å²) in [5.74, 6) is 1.50. The molecular formula is C16H16Cl2N2S. The van der Waals surface area contributed by atoms with Crippen molar-refractivity contribution in [3.8, 4) is 11.1 Å². The lowest BCUT2D eigenvalue weighted by molar-refractivity contribution is 0.886. The Hall–Kier alpha value is -0.770. The van der Waals surface area contributed by atoms with Gasteiger partial charge in [0.05, 0.1) is 11.3 Å². The Bertz CT molecular complexity index is 590. The first-order chi connectivity index (χ1) is 10.2. The average Bonchev–Trinajstić information content (AvgIpc) is 2.99. The van der Waals surface area contributed by atoms with Crippen LogP contribution in [0.15, 0.2) is 30.3 Å². The number of rotatable bonds is 4. The van der Waals surface area contributed by atoms with Crippen molar-refractivity contribution in [1.29, 1.82) is 0 Å². The normalized spacial score (nSPS) is 15.5. The molecule has 110 valence electrons. The van der Waals surface area contributed by atoms with Crippen LogP contribution in [0.25, 0.3) is 11.1 Å². The van der Waals surface area contributed by atoms with Gasteiger partial charge in [-0.15, -0.1) is 0 Å². The summed E-state index contributed by atoms with van der Waals surface area (Å²) < 4.78 is 0. The molecule has 0 atom stereocenters. The van der Waals surface area contributed by atoms with Crippen molar-refractivity contribution in [2.45, 2.75) is 36.7 Å². The SMILES string of the molecule is Clc1nc(CSC2CCCC2)nc(Cl)c1-c1ccccc1. The Morgan fingerprint density at radius 1 is 1.00 bits per heavy atom. The number of hydrogen-bond acceptors (Lipinski definition) is 3. The first kappa shape index (κ1) is 15.1. The van der Waals surface area contributed by atoms with Gasteiger partial charge in [-0.1, -0.05) is 66.4 Å². The second-order valence-corrected chi connectivity index (χ2v) is 7.18. The van der Waals surface area contributed by atoms with Crippen LogP contribution >= 0.6 is 35.0 Å². The molecule has 0 aliphatic heterocycles. The van der Waals surface area contributed by atoms with Crippen LogP contribution in [0, 0.1) is 0 Å². The lowest BCUT2D eigenvalue weighted by Gasteiger charge is -2.10. The second-order valence-electron chi connectivity index (χ2n) is 5.18. The minimum Gasteiger partial charge on any atom is -0.220 e. The molecule has 1 heterocycles. The van der Waals surface area contributed by atoms with Crippen molar-refractivity contribution >= 4 is 35.0 Å². The standard InChI is InChI=1S/C16H16Cl2N2S/c17-15-14(11-6-2-1-3-7-11)16(18)20-13(19-15)10-21-12-8-4-5-9-12/h1-3,6-7,12H,4-5,8-10H2. The van der Waals surface area contributed by atoms with Gasteiger partial charge in [-0.25, -0.2) is 9.97 Å². The maximum absolute atomic E-state index is 6.32.